The molecule has 0 unspecified atom stereocenters. The van der Waals surface area contributed by atoms with Gasteiger partial charge >= 0.3 is 12.1 Å². The second-order valence-electron chi connectivity index (χ2n) is 11.0. The quantitative estimate of drug-likeness (QED) is 0.470. The summed E-state index contributed by atoms with van der Waals surface area (Å²) < 4.78 is 0. The molecule has 0 bridgehead atoms. The summed E-state index contributed by atoms with van der Waals surface area (Å²) in [6.45, 7) is 4.22. The van der Waals surface area contributed by atoms with Crippen molar-refractivity contribution < 1.29 is 29.4 Å². The van der Waals surface area contributed by atoms with Crippen molar-refractivity contribution >= 4 is 58.5 Å². The molecule has 228 valence electrons. The number of amides is 6. The summed E-state index contributed by atoms with van der Waals surface area (Å²) in [7, 11) is 0. The molecule has 2 aromatic rings. The summed E-state index contributed by atoms with van der Waals surface area (Å²) in [5, 5.41) is 38.5. The molecule has 6 rings (SSSR count). The number of piperidine rings is 2. The van der Waals surface area contributed by atoms with Gasteiger partial charge in [0.2, 0.25) is 0 Å². The van der Waals surface area contributed by atoms with Gasteiger partial charge in [-0.05, 0) is 74.9 Å². The molecular formula is C30H28Cl2N6O6. The number of halogens is 2. The number of hydrogen-bond donors (Lipinski definition) is 2. The SMILES string of the molecule is Cc1c(N2C(=O)[C@@H]3[C@H](O)CCCN3C2=O)ccc(C#N)c1Cl.Cc1c(N2C(=O)[C@H]3[C@@H](O)CCCN3C2=O)ccc(C#N)c1Cl. The van der Waals surface area contributed by atoms with E-state index < -0.39 is 48.2 Å². The van der Waals surface area contributed by atoms with E-state index in [0.717, 1.165) is 9.80 Å². The van der Waals surface area contributed by atoms with E-state index in [-0.39, 0.29) is 10.0 Å². The average Bonchev–Trinajstić information content (AvgIpc) is 3.42. The summed E-state index contributed by atoms with van der Waals surface area (Å²) in [6.07, 6.45) is 0.645. The van der Waals surface area contributed by atoms with Crippen molar-refractivity contribution in [1.82, 2.24) is 9.80 Å². The van der Waals surface area contributed by atoms with Crippen molar-refractivity contribution in [3.63, 3.8) is 0 Å². The van der Waals surface area contributed by atoms with Gasteiger partial charge in [0.05, 0.1) is 44.8 Å². The number of rotatable bonds is 2. The fraction of sp³-hybridized carbons (Fsp3) is 0.400. The molecule has 0 saturated carbocycles. The maximum Gasteiger partial charge on any atom is 0.332 e. The Morgan fingerprint density at radius 1 is 0.705 bits per heavy atom. The van der Waals surface area contributed by atoms with Crippen LogP contribution in [0.25, 0.3) is 0 Å². The highest BCUT2D eigenvalue weighted by Crippen LogP contribution is 2.37. The lowest BCUT2D eigenvalue weighted by molar-refractivity contribution is -0.124. The maximum atomic E-state index is 12.6. The average molecular weight is 639 g/mol. The second kappa shape index (κ2) is 12.1. The first kappa shape index (κ1) is 31.2. The molecule has 4 saturated heterocycles. The van der Waals surface area contributed by atoms with E-state index in [0.29, 0.717) is 72.4 Å². The number of aliphatic hydroxyl groups excluding tert-OH is 2. The summed E-state index contributed by atoms with van der Waals surface area (Å²) in [4.78, 5) is 55.1. The van der Waals surface area contributed by atoms with Crippen LogP contribution in [-0.4, -0.2) is 81.3 Å². The van der Waals surface area contributed by atoms with Gasteiger partial charge in [-0.2, -0.15) is 10.5 Å². The van der Waals surface area contributed by atoms with Gasteiger partial charge in [-0.15, -0.1) is 0 Å². The number of aliphatic hydroxyl groups is 2. The number of hydrogen-bond acceptors (Lipinski definition) is 8. The van der Waals surface area contributed by atoms with E-state index in [1.54, 1.807) is 26.0 Å². The van der Waals surface area contributed by atoms with Crippen LogP contribution in [0.15, 0.2) is 24.3 Å². The fourth-order valence-corrected chi connectivity index (χ4v) is 6.54. The molecule has 12 nitrogen and oxygen atoms in total. The smallest absolute Gasteiger partial charge is 0.332 e. The summed E-state index contributed by atoms with van der Waals surface area (Å²) in [6, 6.07) is 7.44. The number of carbonyl (C=O) groups excluding carboxylic acids is 4. The number of carbonyl (C=O) groups is 4. The predicted molar refractivity (Wildman–Crippen MR) is 159 cm³/mol. The molecule has 0 aromatic heterocycles. The van der Waals surface area contributed by atoms with Crippen molar-refractivity contribution in [2.45, 2.75) is 63.8 Å². The number of fused-ring (bicyclic) bond motifs is 2. The van der Waals surface area contributed by atoms with Crippen molar-refractivity contribution in [3.8, 4) is 12.1 Å². The molecule has 14 heteroatoms. The Morgan fingerprint density at radius 2 is 1.07 bits per heavy atom. The molecule has 0 spiro atoms. The topological polar surface area (TPSA) is 169 Å². The molecule has 4 aliphatic heterocycles. The van der Waals surface area contributed by atoms with E-state index in [4.69, 9.17) is 33.7 Å². The Bertz CT molecular complexity index is 1550. The normalized spacial score (nSPS) is 24.5. The Hall–Kier alpha value is -4.20. The molecule has 0 aliphatic carbocycles. The molecule has 4 atom stereocenters. The first-order valence-corrected chi connectivity index (χ1v) is 14.7. The minimum atomic E-state index is -0.843. The number of benzene rings is 2. The zero-order valence-electron chi connectivity index (χ0n) is 23.8. The van der Waals surface area contributed by atoms with E-state index in [1.165, 1.54) is 21.9 Å². The van der Waals surface area contributed by atoms with Gasteiger partial charge in [-0.1, -0.05) is 23.2 Å². The minimum absolute atomic E-state index is 0.228. The van der Waals surface area contributed by atoms with Crippen LogP contribution in [0.1, 0.15) is 47.9 Å². The Morgan fingerprint density at radius 3 is 1.39 bits per heavy atom. The van der Waals surface area contributed by atoms with Gasteiger partial charge in [0, 0.05) is 13.1 Å². The van der Waals surface area contributed by atoms with Crippen LogP contribution in [0.4, 0.5) is 21.0 Å². The lowest BCUT2D eigenvalue weighted by Gasteiger charge is -2.30. The van der Waals surface area contributed by atoms with Crippen LogP contribution in [0.5, 0.6) is 0 Å². The Balaban J connectivity index is 0.000000175. The van der Waals surface area contributed by atoms with Crippen LogP contribution >= 0.6 is 23.2 Å². The molecule has 6 amide bonds. The largest absolute Gasteiger partial charge is 0.390 e. The van der Waals surface area contributed by atoms with Gasteiger partial charge in [-0.3, -0.25) is 9.59 Å². The highest BCUT2D eigenvalue weighted by molar-refractivity contribution is 6.34. The number of urea groups is 2. The maximum absolute atomic E-state index is 12.6. The third kappa shape index (κ3) is 4.94. The molecule has 4 fully saturated rings. The lowest BCUT2D eigenvalue weighted by atomic mass is 10.00. The highest BCUT2D eigenvalue weighted by atomic mass is 35.5. The lowest BCUT2D eigenvalue weighted by Crippen LogP contribution is -2.48. The number of nitriles is 2. The van der Waals surface area contributed by atoms with Crippen LogP contribution in [0.2, 0.25) is 10.0 Å². The zero-order chi connectivity index (χ0) is 32.0. The summed E-state index contributed by atoms with van der Waals surface area (Å²) in [5.74, 6) is -0.887. The minimum Gasteiger partial charge on any atom is -0.390 e. The summed E-state index contributed by atoms with van der Waals surface area (Å²) in [5.41, 5.74) is 2.30. The van der Waals surface area contributed by atoms with Gasteiger partial charge in [0.25, 0.3) is 11.8 Å². The van der Waals surface area contributed by atoms with Crippen molar-refractivity contribution in [2.75, 3.05) is 22.9 Å². The number of nitrogens with zero attached hydrogens (tertiary/aromatic N) is 6. The molecule has 4 aliphatic rings. The monoisotopic (exact) mass is 638 g/mol. The van der Waals surface area contributed by atoms with Crippen molar-refractivity contribution in [2.24, 2.45) is 0 Å². The Kier molecular flexibility index (Phi) is 8.56. The third-order valence-electron chi connectivity index (χ3n) is 8.46. The molecule has 2 aromatic carbocycles. The molecular weight excluding hydrogens is 611 g/mol. The Labute approximate surface area is 263 Å². The van der Waals surface area contributed by atoms with Crippen molar-refractivity contribution in [1.29, 1.82) is 10.5 Å². The van der Waals surface area contributed by atoms with Crippen LogP contribution in [0.3, 0.4) is 0 Å². The molecule has 4 heterocycles. The van der Waals surface area contributed by atoms with Gasteiger partial charge in [-0.25, -0.2) is 19.4 Å². The van der Waals surface area contributed by atoms with E-state index in [9.17, 15) is 29.4 Å². The molecule has 44 heavy (non-hydrogen) atoms. The zero-order valence-corrected chi connectivity index (χ0v) is 25.3. The fourth-order valence-electron chi connectivity index (χ4n) is 6.14. The standard InChI is InChI=1S/2C15H14ClN3O3/c2*1-8-10(5-4-9(7-17)12(8)16)19-14(21)13-11(20)3-2-6-18(13)15(19)22/h2*4-5,11,13,20H,2-3,6H2,1H3/t2*11-,13+/m10/s1. The highest BCUT2D eigenvalue weighted by Gasteiger charge is 2.52. The summed E-state index contributed by atoms with van der Waals surface area (Å²) >= 11 is 12.2. The second-order valence-corrected chi connectivity index (χ2v) is 11.7. The van der Waals surface area contributed by atoms with Crippen molar-refractivity contribution in [3.05, 3.63) is 56.6 Å². The van der Waals surface area contributed by atoms with Crippen LogP contribution < -0.4 is 9.80 Å². The van der Waals surface area contributed by atoms with Gasteiger partial charge < -0.3 is 20.0 Å². The first-order valence-electron chi connectivity index (χ1n) is 14.0. The van der Waals surface area contributed by atoms with E-state index in [1.807, 2.05) is 12.1 Å². The number of anilines is 2. The van der Waals surface area contributed by atoms with E-state index in [2.05, 4.69) is 0 Å². The molecule has 2 N–H and O–H groups in total. The first-order chi connectivity index (χ1) is 20.9. The predicted octanol–water partition coefficient (Wildman–Crippen LogP) is 3.62. The third-order valence-corrected chi connectivity index (χ3v) is 9.43. The van der Waals surface area contributed by atoms with E-state index >= 15 is 0 Å². The van der Waals surface area contributed by atoms with Gasteiger partial charge in [0.15, 0.2) is 0 Å². The molecule has 0 radical (unpaired) electrons. The van der Waals surface area contributed by atoms with Crippen LogP contribution in [0, 0.1) is 36.5 Å². The number of imide groups is 2. The van der Waals surface area contributed by atoms with Crippen LogP contribution in [-0.2, 0) is 9.59 Å². The van der Waals surface area contributed by atoms with Gasteiger partial charge in [0.1, 0.15) is 24.2 Å².